The third-order valence-corrected chi connectivity index (χ3v) is 4.76. The number of halogens is 1. The number of rotatable bonds is 5. The third kappa shape index (κ3) is 3.82. The van der Waals surface area contributed by atoms with Crippen LogP contribution in [0, 0.1) is 0 Å². The van der Waals surface area contributed by atoms with Crippen LogP contribution in [0.15, 0.2) is 22.0 Å². The molecule has 2 aromatic rings. The van der Waals surface area contributed by atoms with Crippen LogP contribution in [0.2, 0.25) is 0 Å². The van der Waals surface area contributed by atoms with Crippen molar-refractivity contribution < 1.29 is 9.47 Å². The van der Waals surface area contributed by atoms with Gasteiger partial charge in [0.05, 0.1) is 29.5 Å². The van der Waals surface area contributed by atoms with E-state index in [1.54, 1.807) is 11.3 Å². The predicted molar refractivity (Wildman–Crippen MR) is 96.3 cm³/mol. The van der Waals surface area contributed by atoms with Gasteiger partial charge >= 0.3 is 0 Å². The van der Waals surface area contributed by atoms with Gasteiger partial charge in [0, 0.05) is 15.3 Å². The first-order chi connectivity index (χ1) is 10.4. The van der Waals surface area contributed by atoms with Crippen molar-refractivity contribution in [3.8, 4) is 22.8 Å². The molecule has 0 atom stereocenters. The maximum absolute atomic E-state index is 5.81. The van der Waals surface area contributed by atoms with E-state index in [1.165, 1.54) is 0 Å². The van der Waals surface area contributed by atoms with Gasteiger partial charge in [0.1, 0.15) is 11.5 Å². The highest BCUT2D eigenvalue weighted by molar-refractivity contribution is 9.10. The Morgan fingerprint density at radius 3 is 2.05 bits per heavy atom. The zero-order valence-corrected chi connectivity index (χ0v) is 16.1. The summed E-state index contributed by atoms with van der Waals surface area (Å²) in [5.74, 6) is 1.59. The summed E-state index contributed by atoms with van der Waals surface area (Å²) in [6.45, 7) is 11.7. The van der Waals surface area contributed by atoms with Gasteiger partial charge in [-0.15, -0.1) is 11.3 Å². The minimum Gasteiger partial charge on any atom is -0.493 e. The van der Waals surface area contributed by atoms with Crippen molar-refractivity contribution in [1.29, 1.82) is 0 Å². The van der Waals surface area contributed by atoms with E-state index in [0.717, 1.165) is 32.2 Å². The van der Waals surface area contributed by atoms with E-state index >= 15 is 0 Å². The molecule has 0 aliphatic rings. The molecule has 0 aliphatic heterocycles. The minimum atomic E-state index is 0.0375. The summed E-state index contributed by atoms with van der Waals surface area (Å²) in [6.07, 6.45) is 0. The molecule has 0 amide bonds. The van der Waals surface area contributed by atoms with Crippen LogP contribution in [0.5, 0.6) is 11.5 Å². The van der Waals surface area contributed by atoms with Crippen molar-refractivity contribution in [3.05, 3.63) is 27.0 Å². The maximum Gasteiger partial charge on any atom is 0.133 e. The van der Waals surface area contributed by atoms with E-state index in [-0.39, 0.29) is 5.41 Å². The van der Waals surface area contributed by atoms with E-state index < -0.39 is 0 Å². The second kappa shape index (κ2) is 7.01. The van der Waals surface area contributed by atoms with Crippen molar-refractivity contribution in [2.75, 3.05) is 13.2 Å². The highest BCUT2D eigenvalue weighted by Crippen LogP contribution is 2.42. The first-order valence-corrected chi connectivity index (χ1v) is 9.09. The van der Waals surface area contributed by atoms with Crippen molar-refractivity contribution in [1.82, 2.24) is 4.98 Å². The summed E-state index contributed by atoms with van der Waals surface area (Å²) in [5, 5.41) is 3.19. The molecule has 0 aliphatic carbocycles. The van der Waals surface area contributed by atoms with Gasteiger partial charge in [-0.2, -0.15) is 0 Å². The molecule has 1 heterocycles. The molecule has 22 heavy (non-hydrogen) atoms. The van der Waals surface area contributed by atoms with E-state index in [0.29, 0.717) is 13.2 Å². The SMILES string of the molecule is CCOc1cc(Br)cc(OCC)c1-c1csc(C(C)(C)C)n1. The largest absolute Gasteiger partial charge is 0.493 e. The quantitative estimate of drug-likeness (QED) is 0.666. The molecule has 120 valence electrons. The Hall–Kier alpha value is -1.07. The number of hydrogen-bond acceptors (Lipinski definition) is 4. The number of nitrogens with zero attached hydrogens (tertiary/aromatic N) is 1. The summed E-state index contributed by atoms with van der Waals surface area (Å²) in [7, 11) is 0. The zero-order valence-electron chi connectivity index (χ0n) is 13.7. The molecule has 2 rings (SSSR count). The van der Waals surface area contributed by atoms with Crippen LogP contribution in [0.1, 0.15) is 39.6 Å². The molecule has 0 radical (unpaired) electrons. The lowest BCUT2D eigenvalue weighted by Crippen LogP contribution is -2.10. The summed E-state index contributed by atoms with van der Waals surface area (Å²) >= 11 is 5.19. The molecule has 0 bridgehead atoms. The Morgan fingerprint density at radius 1 is 1.09 bits per heavy atom. The lowest BCUT2D eigenvalue weighted by atomic mass is 9.98. The summed E-state index contributed by atoms with van der Waals surface area (Å²) in [4.78, 5) is 4.81. The van der Waals surface area contributed by atoms with Crippen molar-refractivity contribution in [2.45, 2.75) is 40.0 Å². The van der Waals surface area contributed by atoms with Crippen LogP contribution in [0.25, 0.3) is 11.3 Å². The fraction of sp³-hybridized carbons (Fsp3) is 0.471. The average Bonchev–Trinajstić information content (AvgIpc) is 2.88. The zero-order chi connectivity index (χ0) is 16.3. The Balaban J connectivity index is 2.58. The minimum absolute atomic E-state index is 0.0375. The standard InChI is InChI=1S/C17H22BrNO2S/c1-6-20-13-8-11(18)9-14(21-7-2)15(13)12-10-22-16(19-12)17(3,4)5/h8-10H,6-7H2,1-5H3. The van der Waals surface area contributed by atoms with Crippen LogP contribution in [0.3, 0.4) is 0 Å². The number of aromatic nitrogens is 1. The van der Waals surface area contributed by atoms with Gasteiger partial charge in [-0.05, 0) is 26.0 Å². The molecular weight excluding hydrogens is 362 g/mol. The molecule has 0 spiro atoms. The van der Waals surface area contributed by atoms with Gasteiger partial charge < -0.3 is 9.47 Å². The predicted octanol–water partition coefficient (Wildman–Crippen LogP) is 5.67. The molecule has 3 nitrogen and oxygen atoms in total. The molecule has 1 aromatic carbocycles. The topological polar surface area (TPSA) is 31.4 Å². The van der Waals surface area contributed by atoms with Crippen molar-refractivity contribution >= 4 is 27.3 Å². The van der Waals surface area contributed by atoms with Gasteiger partial charge in [-0.1, -0.05) is 36.7 Å². The second-order valence-corrected chi connectivity index (χ2v) is 7.70. The van der Waals surface area contributed by atoms with Crippen LogP contribution in [0.4, 0.5) is 0 Å². The van der Waals surface area contributed by atoms with Gasteiger partial charge in [0.25, 0.3) is 0 Å². The molecule has 0 fully saturated rings. The summed E-state index contributed by atoms with van der Waals surface area (Å²) < 4.78 is 12.6. The van der Waals surface area contributed by atoms with E-state index in [1.807, 2.05) is 26.0 Å². The first-order valence-electron chi connectivity index (χ1n) is 7.42. The van der Waals surface area contributed by atoms with Gasteiger partial charge in [-0.25, -0.2) is 4.98 Å². The Morgan fingerprint density at radius 2 is 1.64 bits per heavy atom. The third-order valence-electron chi connectivity index (χ3n) is 3.03. The Labute approximate surface area is 144 Å². The van der Waals surface area contributed by atoms with Gasteiger partial charge in [0.15, 0.2) is 0 Å². The lowest BCUT2D eigenvalue weighted by molar-refractivity contribution is 0.325. The molecule has 1 aromatic heterocycles. The smallest absolute Gasteiger partial charge is 0.133 e. The molecule has 0 saturated heterocycles. The van der Waals surface area contributed by atoms with E-state index in [4.69, 9.17) is 14.5 Å². The van der Waals surface area contributed by atoms with E-state index in [2.05, 4.69) is 42.1 Å². The fourth-order valence-electron chi connectivity index (χ4n) is 2.08. The number of ether oxygens (including phenoxy) is 2. The first kappa shape index (κ1) is 17.3. The molecule has 0 saturated carbocycles. The van der Waals surface area contributed by atoms with Crippen LogP contribution in [-0.4, -0.2) is 18.2 Å². The van der Waals surface area contributed by atoms with E-state index in [9.17, 15) is 0 Å². The maximum atomic E-state index is 5.81. The fourth-order valence-corrected chi connectivity index (χ4v) is 3.40. The van der Waals surface area contributed by atoms with Crippen LogP contribution < -0.4 is 9.47 Å². The number of benzene rings is 1. The summed E-state index contributed by atoms with van der Waals surface area (Å²) in [6, 6.07) is 3.94. The average molecular weight is 384 g/mol. The summed E-state index contributed by atoms with van der Waals surface area (Å²) in [5.41, 5.74) is 1.88. The molecule has 0 unspecified atom stereocenters. The highest BCUT2D eigenvalue weighted by Gasteiger charge is 2.22. The number of hydrogen-bond donors (Lipinski definition) is 0. The molecule has 5 heteroatoms. The highest BCUT2D eigenvalue weighted by atomic mass is 79.9. The normalized spacial score (nSPS) is 11.5. The second-order valence-electron chi connectivity index (χ2n) is 5.93. The van der Waals surface area contributed by atoms with Gasteiger partial charge in [-0.3, -0.25) is 0 Å². The van der Waals surface area contributed by atoms with Crippen molar-refractivity contribution in [2.24, 2.45) is 0 Å². The van der Waals surface area contributed by atoms with Crippen LogP contribution >= 0.6 is 27.3 Å². The van der Waals surface area contributed by atoms with Crippen LogP contribution in [-0.2, 0) is 5.41 Å². The van der Waals surface area contributed by atoms with Crippen molar-refractivity contribution in [3.63, 3.8) is 0 Å². The van der Waals surface area contributed by atoms with Gasteiger partial charge in [0.2, 0.25) is 0 Å². The Kier molecular flexibility index (Phi) is 5.50. The Bertz CT molecular complexity index is 619. The monoisotopic (exact) mass is 383 g/mol. The lowest BCUT2D eigenvalue weighted by Gasteiger charge is -2.16. The molecule has 0 N–H and O–H groups in total. The molecular formula is C17H22BrNO2S. The number of thiazole rings is 1.